The normalized spacial score (nSPS) is 13.8. The van der Waals surface area contributed by atoms with Gasteiger partial charge in [0.05, 0.1) is 16.8 Å². The fourth-order valence-corrected chi connectivity index (χ4v) is 2.64. The molecule has 0 unspecified atom stereocenters. The van der Waals surface area contributed by atoms with Gasteiger partial charge in [0.25, 0.3) is 11.8 Å². The number of carbonyl (C=O) groups is 2. The van der Waals surface area contributed by atoms with Crippen molar-refractivity contribution in [1.82, 2.24) is 0 Å². The Labute approximate surface area is 118 Å². The monoisotopic (exact) mass is 316 g/mol. The minimum atomic E-state index is -0.322. The Morgan fingerprint density at radius 1 is 0.947 bits per heavy atom. The summed E-state index contributed by atoms with van der Waals surface area (Å²) in [7, 11) is 0. The third kappa shape index (κ3) is 1.74. The van der Waals surface area contributed by atoms with Crippen molar-refractivity contribution in [3.8, 4) is 0 Å². The van der Waals surface area contributed by atoms with Crippen molar-refractivity contribution in [2.24, 2.45) is 0 Å². The van der Waals surface area contributed by atoms with E-state index in [0.717, 1.165) is 4.90 Å². The molecule has 94 valence electrons. The molecule has 19 heavy (non-hydrogen) atoms. The summed E-state index contributed by atoms with van der Waals surface area (Å²) < 4.78 is 0.626. The van der Waals surface area contributed by atoms with Gasteiger partial charge in [0.15, 0.2) is 0 Å². The van der Waals surface area contributed by atoms with Crippen molar-refractivity contribution in [1.29, 1.82) is 0 Å². The van der Waals surface area contributed by atoms with Crippen LogP contribution in [0.5, 0.6) is 0 Å². The quantitative estimate of drug-likeness (QED) is 0.650. The second-order valence-corrected chi connectivity index (χ2v) is 5.05. The topological polar surface area (TPSA) is 63.4 Å². The van der Waals surface area contributed by atoms with E-state index >= 15 is 0 Å². The van der Waals surface area contributed by atoms with Gasteiger partial charge in [-0.25, -0.2) is 4.90 Å². The molecule has 1 aliphatic rings. The molecule has 4 nitrogen and oxygen atoms in total. The standard InChI is InChI=1S/C14H9BrN2O2/c15-11-3-1-2-10-12(11)14(19)17(13(10)18)9-6-4-8(16)5-7-9/h1-7H,16H2. The van der Waals surface area contributed by atoms with Crippen LogP contribution in [0.2, 0.25) is 0 Å². The summed E-state index contributed by atoms with van der Waals surface area (Å²) in [6.45, 7) is 0. The van der Waals surface area contributed by atoms with Gasteiger partial charge < -0.3 is 5.73 Å². The van der Waals surface area contributed by atoms with E-state index in [1.807, 2.05) is 0 Å². The van der Waals surface area contributed by atoms with Crippen molar-refractivity contribution < 1.29 is 9.59 Å². The largest absolute Gasteiger partial charge is 0.399 e. The zero-order valence-corrected chi connectivity index (χ0v) is 11.3. The van der Waals surface area contributed by atoms with Gasteiger partial charge in [0.1, 0.15) is 0 Å². The Balaban J connectivity index is 2.13. The Morgan fingerprint density at radius 3 is 2.26 bits per heavy atom. The maximum Gasteiger partial charge on any atom is 0.267 e. The smallest absolute Gasteiger partial charge is 0.267 e. The van der Waals surface area contributed by atoms with Gasteiger partial charge >= 0.3 is 0 Å². The number of amides is 2. The van der Waals surface area contributed by atoms with Crippen molar-refractivity contribution in [3.63, 3.8) is 0 Å². The first-order valence-corrected chi connectivity index (χ1v) is 6.42. The van der Waals surface area contributed by atoms with E-state index in [1.54, 1.807) is 42.5 Å². The van der Waals surface area contributed by atoms with Crippen LogP contribution in [0.3, 0.4) is 0 Å². The molecule has 2 aromatic carbocycles. The van der Waals surface area contributed by atoms with Crippen LogP contribution in [-0.4, -0.2) is 11.8 Å². The van der Waals surface area contributed by atoms with Crippen molar-refractivity contribution in [2.75, 3.05) is 10.6 Å². The van der Waals surface area contributed by atoms with Crippen LogP contribution in [0.15, 0.2) is 46.9 Å². The number of rotatable bonds is 1. The zero-order chi connectivity index (χ0) is 13.6. The summed E-state index contributed by atoms with van der Waals surface area (Å²) in [5.41, 5.74) is 7.53. The molecular formula is C14H9BrN2O2. The lowest BCUT2D eigenvalue weighted by molar-refractivity contribution is 0.0926. The second-order valence-electron chi connectivity index (χ2n) is 4.20. The van der Waals surface area contributed by atoms with E-state index in [9.17, 15) is 9.59 Å². The van der Waals surface area contributed by atoms with Gasteiger partial charge in [-0.05, 0) is 52.3 Å². The molecule has 0 radical (unpaired) electrons. The van der Waals surface area contributed by atoms with Gasteiger partial charge in [0, 0.05) is 10.2 Å². The van der Waals surface area contributed by atoms with Crippen LogP contribution in [0.25, 0.3) is 0 Å². The Bertz CT molecular complexity index is 695. The molecule has 0 saturated carbocycles. The van der Waals surface area contributed by atoms with E-state index in [4.69, 9.17) is 5.73 Å². The third-order valence-electron chi connectivity index (χ3n) is 3.02. The summed E-state index contributed by atoms with van der Waals surface area (Å²) in [6.07, 6.45) is 0. The number of fused-ring (bicyclic) bond motifs is 1. The van der Waals surface area contributed by atoms with Crippen molar-refractivity contribution >= 4 is 39.1 Å². The molecule has 0 saturated heterocycles. The van der Waals surface area contributed by atoms with Crippen LogP contribution >= 0.6 is 15.9 Å². The molecule has 1 aliphatic heterocycles. The number of carbonyl (C=O) groups excluding carboxylic acids is 2. The van der Waals surface area contributed by atoms with E-state index in [-0.39, 0.29) is 11.8 Å². The Kier molecular flexibility index (Phi) is 2.64. The minimum Gasteiger partial charge on any atom is -0.399 e. The maximum atomic E-state index is 12.4. The number of benzene rings is 2. The molecule has 0 aliphatic carbocycles. The highest BCUT2D eigenvalue weighted by molar-refractivity contribution is 9.10. The van der Waals surface area contributed by atoms with Crippen LogP contribution in [0.1, 0.15) is 20.7 Å². The fourth-order valence-electron chi connectivity index (χ4n) is 2.10. The molecule has 5 heteroatoms. The molecule has 0 bridgehead atoms. The number of halogens is 1. The maximum absolute atomic E-state index is 12.4. The number of imide groups is 1. The lowest BCUT2D eigenvalue weighted by atomic mass is 10.1. The zero-order valence-electron chi connectivity index (χ0n) is 9.76. The average molecular weight is 317 g/mol. The number of nitrogen functional groups attached to an aromatic ring is 1. The minimum absolute atomic E-state index is 0.314. The van der Waals surface area contributed by atoms with E-state index < -0.39 is 0 Å². The fraction of sp³-hybridized carbons (Fsp3) is 0. The molecule has 0 atom stereocenters. The number of hydrogen-bond acceptors (Lipinski definition) is 3. The summed E-state index contributed by atoms with van der Waals surface area (Å²) in [4.78, 5) is 25.8. The number of nitrogens with zero attached hydrogens (tertiary/aromatic N) is 1. The van der Waals surface area contributed by atoms with E-state index in [0.29, 0.717) is 27.0 Å². The Morgan fingerprint density at radius 2 is 1.63 bits per heavy atom. The molecule has 2 aromatic rings. The first-order valence-electron chi connectivity index (χ1n) is 5.62. The molecule has 0 aromatic heterocycles. The molecule has 0 fully saturated rings. The molecule has 1 heterocycles. The lowest BCUT2D eigenvalue weighted by Gasteiger charge is -2.13. The third-order valence-corrected chi connectivity index (χ3v) is 3.68. The second kappa shape index (κ2) is 4.20. The predicted molar refractivity (Wildman–Crippen MR) is 76.1 cm³/mol. The lowest BCUT2D eigenvalue weighted by Crippen LogP contribution is -2.29. The number of anilines is 2. The van der Waals surface area contributed by atoms with Crippen molar-refractivity contribution in [2.45, 2.75) is 0 Å². The average Bonchev–Trinajstić information content (AvgIpc) is 2.65. The van der Waals surface area contributed by atoms with Crippen molar-refractivity contribution in [3.05, 3.63) is 58.1 Å². The highest BCUT2D eigenvalue weighted by atomic mass is 79.9. The molecular weight excluding hydrogens is 308 g/mol. The SMILES string of the molecule is Nc1ccc(N2C(=O)c3cccc(Br)c3C2=O)cc1. The number of nitrogens with two attached hydrogens (primary N) is 1. The molecule has 3 rings (SSSR count). The van der Waals surface area contributed by atoms with Crippen LogP contribution in [0.4, 0.5) is 11.4 Å². The van der Waals surface area contributed by atoms with Gasteiger partial charge in [-0.15, -0.1) is 0 Å². The predicted octanol–water partition coefficient (Wildman–Crippen LogP) is 2.83. The molecule has 2 N–H and O–H groups in total. The van der Waals surface area contributed by atoms with Gasteiger partial charge in [-0.1, -0.05) is 6.07 Å². The van der Waals surface area contributed by atoms with Crippen LogP contribution < -0.4 is 10.6 Å². The van der Waals surface area contributed by atoms with Gasteiger partial charge in [-0.3, -0.25) is 9.59 Å². The van der Waals surface area contributed by atoms with Gasteiger partial charge in [0.2, 0.25) is 0 Å². The van der Waals surface area contributed by atoms with E-state index in [2.05, 4.69) is 15.9 Å². The van der Waals surface area contributed by atoms with Crippen LogP contribution in [0, 0.1) is 0 Å². The summed E-state index contributed by atoms with van der Waals surface area (Å²) in [5.74, 6) is -0.636. The highest BCUT2D eigenvalue weighted by Crippen LogP contribution is 2.32. The van der Waals surface area contributed by atoms with Crippen LogP contribution in [-0.2, 0) is 0 Å². The van der Waals surface area contributed by atoms with Gasteiger partial charge in [-0.2, -0.15) is 0 Å². The first kappa shape index (κ1) is 11.9. The summed E-state index contributed by atoms with van der Waals surface area (Å²) in [6, 6.07) is 11.8. The summed E-state index contributed by atoms with van der Waals surface area (Å²) in [5, 5.41) is 0. The number of hydrogen-bond donors (Lipinski definition) is 1. The molecule has 0 spiro atoms. The highest BCUT2D eigenvalue weighted by Gasteiger charge is 2.37. The Hall–Kier alpha value is -2.14. The first-order chi connectivity index (χ1) is 9.09. The summed E-state index contributed by atoms with van der Waals surface area (Å²) >= 11 is 3.31. The molecule has 2 amide bonds. The van der Waals surface area contributed by atoms with E-state index in [1.165, 1.54) is 0 Å².